The third kappa shape index (κ3) is 5.20. The van der Waals surface area contributed by atoms with Crippen molar-refractivity contribution in [2.45, 2.75) is 69.6 Å². The van der Waals surface area contributed by atoms with Crippen molar-refractivity contribution < 1.29 is 33.2 Å². The van der Waals surface area contributed by atoms with Gasteiger partial charge in [0.1, 0.15) is 11.7 Å². The molecule has 5 aliphatic rings. The van der Waals surface area contributed by atoms with E-state index in [1.54, 1.807) is 13.0 Å². The molecule has 1 aromatic rings. The number of rotatable bonds is 6. The van der Waals surface area contributed by atoms with E-state index in [1.807, 2.05) is 0 Å². The molecule has 2 saturated heterocycles. The van der Waals surface area contributed by atoms with Gasteiger partial charge in [0.15, 0.2) is 6.04 Å². The first kappa shape index (κ1) is 28.4. The maximum Gasteiger partial charge on any atom is 0.311 e. The van der Waals surface area contributed by atoms with Gasteiger partial charge < -0.3 is 20.9 Å². The summed E-state index contributed by atoms with van der Waals surface area (Å²) >= 11 is 0. The molecule has 5 amide bonds. The molecule has 41 heavy (non-hydrogen) atoms. The fourth-order valence-corrected chi connectivity index (χ4v) is 5.77. The van der Waals surface area contributed by atoms with Crippen LogP contribution in [-0.2, 0) is 35.3 Å². The number of amidine groups is 1. The zero-order valence-electron chi connectivity index (χ0n) is 23.2. The molecule has 2 bridgehead atoms. The largest absolute Gasteiger partial charge is 0.353 e. The van der Waals surface area contributed by atoms with E-state index < -0.39 is 52.2 Å². The summed E-state index contributed by atoms with van der Waals surface area (Å²) in [4.78, 5) is 85.4. The van der Waals surface area contributed by atoms with Crippen molar-refractivity contribution in [2.75, 3.05) is 20.6 Å². The second-order valence-electron chi connectivity index (χ2n) is 11.7. The van der Waals surface area contributed by atoms with E-state index >= 15 is 0 Å². The van der Waals surface area contributed by atoms with Gasteiger partial charge in [-0.05, 0) is 62.6 Å². The Balaban J connectivity index is 1.48. The molecule has 12 nitrogen and oxygen atoms in total. The van der Waals surface area contributed by atoms with Gasteiger partial charge in [0, 0.05) is 33.2 Å². The summed E-state index contributed by atoms with van der Waals surface area (Å²) in [5.74, 6) is -5.26. The number of aliphatic imine (C=N–C) groups is 1. The number of amides is 5. The molecule has 0 radical (unpaired) electrons. The van der Waals surface area contributed by atoms with E-state index in [0.717, 1.165) is 22.6 Å². The molecule has 2 aliphatic carbocycles. The highest BCUT2D eigenvalue weighted by Crippen LogP contribution is 2.48. The molecule has 1 atom stereocenters. The predicted octanol–water partition coefficient (Wildman–Crippen LogP) is -0.275. The lowest BCUT2D eigenvalue weighted by Gasteiger charge is -2.42. The average Bonchev–Trinajstić information content (AvgIpc) is 3.78. The minimum Gasteiger partial charge on any atom is -0.353 e. The average molecular weight is 569 g/mol. The van der Waals surface area contributed by atoms with Crippen LogP contribution in [0.15, 0.2) is 23.2 Å². The minimum atomic E-state index is -1.72. The number of nitrogens with one attached hydrogen (secondary N) is 3. The normalized spacial score (nSPS) is 26.9. The molecule has 4 fully saturated rings. The van der Waals surface area contributed by atoms with Crippen LogP contribution in [0.5, 0.6) is 0 Å². The van der Waals surface area contributed by atoms with Crippen LogP contribution in [0.1, 0.15) is 49.7 Å². The van der Waals surface area contributed by atoms with Crippen molar-refractivity contribution in [2.24, 2.45) is 10.4 Å². The van der Waals surface area contributed by atoms with Gasteiger partial charge in [0.2, 0.25) is 5.91 Å². The van der Waals surface area contributed by atoms with Crippen molar-refractivity contribution in [1.82, 2.24) is 25.8 Å². The van der Waals surface area contributed by atoms with Gasteiger partial charge in [-0.1, -0.05) is 12.1 Å². The van der Waals surface area contributed by atoms with E-state index in [0.29, 0.717) is 11.1 Å². The van der Waals surface area contributed by atoms with Crippen LogP contribution in [0.4, 0.5) is 4.39 Å². The molecule has 3 heterocycles. The number of Topliss-reactive ketones (excluding diaryl/α,β-unsaturated/α-hetero) is 1. The van der Waals surface area contributed by atoms with Gasteiger partial charge >= 0.3 is 11.8 Å². The molecule has 1 aromatic carbocycles. The van der Waals surface area contributed by atoms with Crippen LogP contribution in [-0.4, -0.2) is 89.2 Å². The number of benzene rings is 1. The van der Waals surface area contributed by atoms with Gasteiger partial charge in [-0.15, -0.1) is 0 Å². The standard InChI is InChI=1S/C28H33FN6O6/c1-15-12-16(4-7-18(15)29)13-30-21(37)19-20(36)23(39)35-14-27(26(41)31-17-5-6-17)8-10-28(11-9-27,25(35)32-19)33-22(38)24(40)34(2)3/h4,7,12,17,19H,5-6,8-11,13-14H2,1-3H3,(H,30,37)(H,31,41)(H,33,38). The van der Waals surface area contributed by atoms with Crippen LogP contribution in [0.2, 0.25) is 0 Å². The van der Waals surface area contributed by atoms with Gasteiger partial charge in [-0.2, -0.15) is 0 Å². The van der Waals surface area contributed by atoms with Crippen LogP contribution < -0.4 is 16.0 Å². The summed E-state index contributed by atoms with van der Waals surface area (Å²) < 4.78 is 13.6. The fraction of sp³-hybridized carbons (Fsp3) is 0.536. The zero-order valence-corrected chi connectivity index (χ0v) is 23.2. The molecule has 2 saturated carbocycles. The van der Waals surface area contributed by atoms with Gasteiger partial charge in [-0.3, -0.25) is 33.7 Å². The van der Waals surface area contributed by atoms with Crippen LogP contribution >= 0.6 is 0 Å². The molecule has 13 heteroatoms. The van der Waals surface area contributed by atoms with E-state index in [4.69, 9.17) is 0 Å². The molecule has 0 spiro atoms. The van der Waals surface area contributed by atoms with Gasteiger partial charge in [0.25, 0.3) is 17.6 Å². The number of likely N-dealkylation sites (N-methyl/N-ethyl adjacent to an activating group) is 1. The van der Waals surface area contributed by atoms with Crippen molar-refractivity contribution in [3.63, 3.8) is 0 Å². The summed E-state index contributed by atoms with van der Waals surface area (Å²) in [6.07, 6.45) is 2.65. The Bertz CT molecular complexity index is 1380. The number of hydrogen-bond acceptors (Lipinski definition) is 7. The van der Waals surface area contributed by atoms with Crippen molar-refractivity contribution in [3.05, 3.63) is 35.1 Å². The number of fused-ring (bicyclic) bond motifs is 2. The molecule has 3 N–H and O–H groups in total. The van der Waals surface area contributed by atoms with Crippen molar-refractivity contribution in [3.8, 4) is 0 Å². The number of ketones is 1. The first-order valence-electron chi connectivity index (χ1n) is 13.7. The Morgan fingerprint density at radius 3 is 2.39 bits per heavy atom. The topological polar surface area (TPSA) is 157 Å². The summed E-state index contributed by atoms with van der Waals surface area (Å²) in [6, 6.07) is 2.67. The van der Waals surface area contributed by atoms with E-state index in [-0.39, 0.29) is 56.6 Å². The van der Waals surface area contributed by atoms with Gasteiger partial charge in [0.05, 0.1) is 11.0 Å². The molecule has 218 valence electrons. The number of aryl methyl sites for hydroxylation is 1. The van der Waals surface area contributed by atoms with E-state index in [1.165, 1.54) is 26.2 Å². The Hall–Kier alpha value is -4.16. The van der Waals surface area contributed by atoms with Crippen LogP contribution in [0.3, 0.4) is 0 Å². The number of nitrogens with zero attached hydrogens (tertiary/aromatic N) is 3. The number of halogens is 1. The molecule has 1 unspecified atom stereocenters. The minimum absolute atomic E-state index is 0.00150. The monoisotopic (exact) mass is 568 g/mol. The predicted molar refractivity (Wildman–Crippen MR) is 143 cm³/mol. The second kappa shape index (κ2) is 10.3. The molecule has 6 rings (SSSR count). The van der Waals surface area contributed by atoms with E-state index in [9.17, 15) is 33.2 Å². The number of carbonyl (C=O) groups is 6. The highest BCUT2D eigenvalue weighted by atomic mass is 19.1. The zero-order chi connectivity index (χ0) is 29.7. The Morgan fingerprint density at radius 2 is 1.78 bits per heavy atom. The maximum atomic E-state index is 13.6. The fourth-order valence-electron chi connectivity index (χ4n) is 5.77. The molecule has 3 aliphatic heterocycles. The quantitative estimate of drug-likeness (QED) is 0.317. The summed E-state index contributed by atoms with van der Waals surface area (Å²) in [6.45, 7) is 1.42. The third-order valence-electron chi connectivity index (χ3n) is 8.45. The SMILES string of the molecule is Cc1cc(CNC(=O)C2N=C3N(CC4(C(=O)NC5CC5)CCC3(NC(=O)C(=O)N(C)C)CC4)C(=O)C2=O)ccc1F. The highest BCUT2D eigenvalue weighted by molar-refractivity contribution is 6.46. The molecular formula is C28H33FN6O6. The lowest BCUT2D eigenvalue weighted by Crippen LogP contribution is -2.65. The first-order valence-corrected chi connectivity index (χ1v) is 13.7. The van der Waals surface area contributed by atoms with Crippen LogP contribution in [0.25, 0.3) is 0 Å². The summed E-state index contributed by atoms with van der Waals surface area (Å²) in [5, 5.41) is 8.34. The van der Waals surface area contributed by atoms with Crippen LogP contribution in [0, 0.1) is 18.2 Å². The molecular weight excluding hydrogens is 535 g/mol. The van der Waals surface area contributed by atoms with E-state index in [2.05, 4.69) is 20.9 Å². The molecule has 0 aromatic heterocycles. The smallest absolute Gasteiger partial charge is 0.311 e. The first-order chi connectivity index (χ1) is 19.4. The summed E-state index contributed by atoms with van der Waals surface area (Å²) in [5.41, 5.74) is -1.38. The maximum absolute atomic E-state index is 13.6. The number of carbonyl (C=O) groups excluding carboxylic acids is 6. The second-order valence-corrected chi connectivity index (χ2v) is 11.7. The lowest BCUT2D eigenvalue weighted by molar-refractivity contribution is -0.147. The van der Waals surface area contributed by atoms with Crippen molar-refractivity contribution >= 4 is 41.2 Å². The third-order valence-corrected chi connectivity index (χ3v) is 8.45. The summed E-state index contributed by atoms with van der Waals surface area (Å²) in [7, 11) is 2.85. The van der Waals surface area contributed by atoms with Gasteiger partial charge in [-0.25, -0.2) is 9.38 Å². The lowest BCUT2D eigenvalue weighted by atomic mass is 9.68. The number of hydrogen-bond donors (Lipinski definition) is 3. The Morgan fingerprint density at radius 1 is 1.10 bits per heavy atom. The Labute approximate surface area is 236 Å². The Kier molecular flexibility index (Phi) is 7.16. The highest BCUT2D eigenvalue weighted by Gasteiger charge is 2.60. The van der Waals surface area contributed by atoms with Crippen molar-refractivity contribution in [1.29, 1.82) is 0 Å².